The molecule has 0 aliphatic heterocycles. The molecule has 1 aromatic carbocycles. The van der Waals surface area contributed by atoms with Crippen molar-refractivity contribution in [2.75, 3.05) is 25.7 Å². The molecule has 0 aliphatic carbocycles. The highest BCUT2D eigenvalue weighted by Gasteiger charge is 2.06. The second-order valence-corrected chi connectivity index (χ2v) is 3.31. The highest BCUT2D eigenvalue weighted by molar-refractivity contribution is 7.80. The van der Waals surface area contributed by atoms with Crippen LogP contribution in [0.4, 0.5) is 5.69 Å². The summed E-state index contributed by atoms with van der Waals surface area (Å²) in [7, 11) is 3.43. The molecule has 0 heterocycles. The zero-order valence-corrected chi connectivity index (χ0v) is 10.0. The van der Waals surface area contributed by atoms with Gasteiger partial charge in [-0.15, -0.1) is 0 Å². The summed E-state index contributed by atoms with van der Waals surface area (Å²) in [6.45, 7) is 2.63. The fourth-order valence-electron chi connectivity index (χ4n) is 1.17. The van der Waals surface area contributed by atoms with Gasteiger partial charge >= 0.3 is 0 Å². The molecule has 0 saturated heterocycles. The van der Waals surface area contributed by atoms with Crippen molar-refractivity contribution in [3.63, 3.8) is 0 Å². The first-order valence-electron chi connectivity index (χ1n) is 4.73. The molecule has 0 spiro atoms. The lowest BCUT2D eigenvalue weighted by molar-refractivity contribution is 0.340. The zero-order valence-electron chi connectivity index (χ0n) is 9.19. The maximum absolute atomic E-state index is 5.34. The van der Waals surface area contributed by atoms with E-state index in [9.17, 15) is 0 Å². The average Bonchev–Trinajstić information content (AvgIpc) is 2.28. The summed E-state index contributed by atoms with van der Waals surface area (Å²) in [6, 6.07) is 7.70. The molecule has 0 fully saturated rings. The van der Waals surface area contributed by atoms with Crippen LogP contribution < -0.4 is 9.64 Å². The topological polar surface area (TPSA) is 21.7 Å². The third kappa shape index (κ3) is 3.09. The van der Waals surface area contributed by atoms with Crippen LogP contribution in [0.5, 0.6) is 5.75 Å². The number of hydrogen-bond donors (Lipinski definition) is 0. The number of anilines is 1. The number of methoxy groups -OCH3 is 1. The fourth-order valence-corrected chi connectivity index (χ4v) is 1.28. The Hall–Kier alpha value is -1.29. The van der Waals surface area contributed by atoms with Crippen LogP contribution in [0, 0.1) is 0 Å². The molecule has 15 heavy (non-hydrogen) atoms. The van der Waals surface area contributed by atoms with Gasteiger partial charge < -0.3 is 14.4 Å². The smallest absolute Gasteiger partial charge is 0.263 e. The molecule has 0 unspecified atom stereocenters. The number of thiocarbonyl (C=S) groups is 1. The lowest BCUT2D eigenvalue weighted by Gasteiger charge is -2.18. The Morgan fingerprint density at radius 3 is 2.40 bits per heavy atom. The van der Waals surface area contributed by atoms with Gasteiger partial charge in [-0.1, -0.05) is 0 Å². The van der Waals surface area contributed by atoms with E-state index in [4.69, 9.17) is 21.7 Å². The Morgan fingerprint density at radius 2 is 1.93 bits per heavy atom. The maximum atomic E-state index is 5.34. The lowest BCUT2D eigenvalue weighted by atomic mass is 10.3. The molecule has 82 valence electrons. The normalized spacial score (nSPS) is 9.53. The first-order valence-corrected chi connectivity index (χ1v) is 5.14. The first-order chi connectivity index (χ1) is 7.19. The van der Waals surface area contributed by atoms with E-state index in [-0.39, 0.29) is 0 Å². The summed E-state index contributed by atoms with van der Waals surface area (Å²) >= 11 is 5.02. The predicted octanol–water partition coefficient (Wildman–Crippen LogP) is 2.45. The van der Waals surface area contributed by atoms with E-state index in [1.165, 1.54) is 0 Å². The minimum Gasteiger partial charge on any atom is -0.494 e. The van der Waals surface area contributed by atoms with E-state index in [1.54, 1.807) is 12.0 Å². The number of nitrogens with zero attached hydrogens (tertiary/aromatic N) is 1. The summed E-state index contributed by atoms with van der Waals surface area (Å²) in [5.74, 6) is 0.859. The van der Waals surface area contributed by atoms with Gasteiger partial charge in [0.25, 0.3) is 5.17 Å². The van der Waals surface area contributed by atoms with E-state index >= 15 is 0 Å². The van der Waals surface area contributed by atoms with Crippen molar-refractivity contribution in [2.24, 2.45) is 0 Å². The first kappa shape index (κ1) is 11.8. The van der Waals surface area contributed by atoms with Crippen LogP contribution in [0.2, 0.25) is 0 Å². The Kier molecular flexibility index (Phi) is 4.37. The van der Waals surface area contributed by atoms with E-state index in [2.05, 4.69) is 0 Å². The molecular weight excluding hydrogens is 210 g/mol. The van der Waals surface area contributed by atoms with Crippen LogP contribution in [-0.2, 0) is 4.74 Å². The molecule has 1 rings (SSSR count). The SMILES string of the molecule is CCOc1ccc(N(C)C(=S)OC)cc1. The van der Waals surface area contributed by atoms with Crippen LogP contribution in [0.1, 0.15) is 6.92 Å². The number of hydrogen-bond acceptors (Lipinski definition) is 3. The van der Waals surface area contributed by atoms with E-state index < -0.39 is 0 Å². The van der Waals surface area contributed by atoms with Gasteiger partial charge in [0.15, 0.2) is 0 Å². The quantitative estimate of drug-likeness (QED) is 0.737. The highest BCUT2D eigenvalue weighted by atomic mass is 32.1. The zero-order chi connectivity index (χ0) is 11.3. The Bertz CT molecular complexity index is 324. The van der Waals surface area contributed by atoms with Crippen LogP contribution >= 0.6 is 12.2 Å². The van der Waals surface area contributed by atoms with Crippen LogP contribution in [0.3, 0.4) is 0 Å². The molecule has 3 nitrogen and oxygen atoms in total. The second kappa shape index (κ2) is 5.56. The van der Waals surface area contributed by atoms with E-state index in [1.807, 2.05) is 38.2 Å². The molecule has 1 aromatic rings. The van der Waals surface area contributed by atoms with Crippen molar-refractivity contribution in [3.05, 3.63) is 24.3 Å². The number of ether oxygens (including phenoxy) is 2. The van der Waals surface area contributed by atoms with Crippen molar-refractivity contribution in [2.45, 2.75) is 6.92 Å². The van der Waals surface area contributed by atoms with Crippen molar-refractivity contribution in [1.29, 1.82) is 0 Å². The van der Waals surface area contributed by atoms with Crippen LogP contribution in [0.25, 0.3) is 0 Å². The van der Waals surface area contributed by atoms with Gasteiger partial charge in [-0.25, -0.2) is 0 Å². The van der Waals surface area contributed by atoms with Crippen molar-refractivity contribution < 1.29 is 9.47 Å². The van der Waals surface area contributed by atoms with Crippen molar-refractivity contribution in [1.82, 2.24) is 0 Å². The Balaban J connectivity index is 2.75. The summed E-state index contributed by atoms with van der Waals surface area (Å²) in [4.78, 5) is 1.80. The maximum Gasteiger partial charge on any atom is 0.263 e. The molecule has 0 aromatic heterocycles. The van der Waals surface area contributed by atoms with Gasteiger partial charge in [0.1, 0.15) is 5.75 Å². The molecule has 0 atom stereocenters. The molecule has 0 aliphatic rings. The molecule has 4 heteroatoms. The predicted molar refractivity (Wildman–Crippen MR) is 65.6 cm³/mol. The molecule has 0 radical (unpaired) electrons. The van der Waals surface area contributed by atoms with Gasteiger partial charge in [-0.05, 0) is 43.4 Å². The summed E-state index contributed by atoms with van der Waals surface area (Å²) < 4.78 is 10.3. The molecule has 0 amide bonds. The molecule has 0 N–H and O–H groups in total. The fraction of sp³-hybridized carbons (Fsp3) is 0.364. The average molecular weight is 225 g/mol. The Labute approximate surface area is 95.6 Å². The monoisotopic (exact) mass is 225 g/mol. The van der Waals surface area contributed by atoms with E-state index in [0.717, 1.165) is 11.4 Å². The minimum absolute atomic E-state index is 0.444. The Morgan fingerprint density at radius 1 is 1.33 bits per heavy atom. The summed E-state index contributed by atoms with van der Waals surface area (Å²) in [5, 5.41) is 0.444. The van der Waals surface area contributed by atoms with Gasteiger partial charge in [-0.2, -0.15) is 0 Å². The minimum atomic E-state index is 0.444. The number of benzene rings is 1. The lowest BCUT2D eigenvalue weighted by Crippen LogP contribution is -2.25. The number of rotatable bonds is 3. The summed E-state index contributed by atoms with van der Waals surface area (Å²) in [6.07, 6.45) is 0. The van der Waals surface area contributed by atoms with Crippen LogP contribution in [-0.4, -0.2) is 25.9 Å². The van der Waals surface area contributed by atoms with Gasteiger partial charge in [0.05, 0.1) is 13.7 Å². The third-order valence-electron chi connectivity index (χ3n) is 1.98. The van der Waals surface area contributed by atoms with E-state index in [0.29, 0.717) is 11.8 Å². The van der Waals surface area contributed by atoms with Gasteiger partial charge in [-0.3, -0.25) is 0 Å². The molecule has 0 bridgehead atoms. The molecule has 0 saturated carbocycles. The summed E-state index contributed by atoms with van der Waals surface area (Å²) in [5.41, 5.74) is 0.977. The standard InChI is InChI=1S/C11H15NO2S/c1-4-14-10-7-5-9(6-8-10)12(2)11(15)13-3/h5-8H,4H2,1-3H3. The highest BCUT2D eigenvalue weighted by Crippen LogP contribution is 2.18. The second-order valence-electron chi connectivity index (χ2n) is 2.96. The van der Waals surface area contributed by atoms with Crippen molar-refractivity contribution >= 4 is 23.1 Å². The third-order valence-corrected chi connectivity index (χ3v) is 2.42. The van der Waals surface area contributed by atoms with Crippen molar-refractivity contribution in [3.8, 4) is 5.75 Å². The molecular formula is C11H15NO2S. The van der Waals surface area contributed by atoms with Gasteiger partial charge in [0.2, 0.25) is 0 Å². The van der Waals surface area contributed by atoms with Gasteiger partial charge in [0, 0.05) is 12.7 Å². The largest absolute Gasteiger partial charge is 0.494 e. The van der Waals surface area contributed by atoms with Crippen LogP contribution in [0.15, 0.2) is 24.3 Å².